The number of piperidine rings is 1. The topological polar surface area (TPSA) is 75.7 Å². The highest BCUT2D eigenvalue weighted by atomic mass is 32.2. The van der Waals surface area contributed by atoms with Crippen LogP contribution in [-0.2, 0) is 21.2 Å². The van der Waals surface area contributed by atoms with E-state index in [1.807, 2.05) is 24.3 Å². The number of amides is 1. The fraction of sp³-hybridized carbons (Fsp3) is 0.533. The Kier molecular flexibility index (Phi) is 5.42. The van der Waals surface area contributed by atoms with E-state index in [2.05, 4.69) is 5.32 Å². The van der Waals surface area contributed by atoms with Gasteiger partial charge in [0.25, 0.3) is 0 Å². The van der Waals surface area contributed by atoms with Crippen molar-refractivity contribution in [3.8, 4) is 5.75 Å². The lowest BCUT2D eigenvalue weighted by atomic mass is 10.1. The molecule has 0 aliphatic carbocycles. The second-order valence-corrected chi connectivity index (χ2v) is 7.51. The lowest BCUT2D eigenvalue weighted by molar-refractivity contribution is -0.121. The molecule has 1 aromatic carbocycles. The average molecular weight is 326 g/mol. The van der Waals surface area contributed by atoms with Crippen molar-refractivity contribution in [2.24, 2.45) is 0 Å². The minimum Gasteiger partial charge on any atom is -0.497 e. The largest absolute Gasteiger partial charge is 0.497 e. The molecule has 1 fully saturated rings. The summed E-state index contributed by atoms with van der Waals surface area (Å²) in [5, 5.41) is 2.98. The van der Waals surface area contributed by atoms with Crippen LogP contribution in [0, 0.1) is 0 Å². The first kappa shape index (κ1) is 16.8. The van der Waals surface area contributed by atoms with Gasteiger partial charge in [-0.3, -0.25) is 4.79 Å². The van der Waals surface area contributed by atoms with Gasteiger partial charge in [-0.2, -0.15) is 0 Å². The molecule has 0 radical (unpaired) electrons. The number of benzene rings is 1. The van der Waals surface area contributed by atoms with Gasteiger partial charge in [0, 0.05) is 19.1 Å². The van der Waals surface area contributed by atoms with Gasteiger partial charge in [-0.05, 0) is 30.5 Å². The first-order valence-electron chi connectivity index (χ1n) is 7.26. The summed E-state index contributed by atoms with van der Waals surface area (Å²) in [4.78, 5) is 12.0. The van der Waals surface area contributed by atoms with Crippen LogP contribution in [0.1, 0.15) is 18.4 Å². The molecule has 122 valence electrons. The fourth-order valence-corrected chi connectivity index (χ4v) is 3.41. The lowest BCUT2D eigenvalue weighted by Crippen LogP contribution is -2.46. The number of nitrogens with one attached hydrogen (secondary N) is 1. The summed E-state index contributed by atoms with van der Waals surface area (Å²) >= 11 is 0. The Labute approximate surface area is 131 Å². The second-order valence-electron chi connectivity index (χ2n) is 5.53. The minimum atomic E-state index is -3.12. The molecule has 1 aliphatic heterocycles. The van der Waals surface area contributed by atoms with Crippen LogP contribution in [0.4, 0.5) is 0 Å². The average Bonchev–Trinajstić information content (AvgIpc) is 2.47. The van der Waals surface area contributed by atoms with Gasteiger partial charge in [0.1, 0.15) is 5.75 Å². The number of sulfonamides is 1. The molecule has 0 aromatic heterocycles. The van der Waals surface area contributed by atoms with Crippen molar-refractivity contribution >= 4 is 15.9 Å². The molecule has 0 unspecified atom stereocenters. The molecule has 0 atom stereocenters. The number of nitrogens with zero attached hydrogens (tertiary/aromatic N) is 1. The van der Waals surface area contributed by atoms with Gasteiger partial charge >= 0.3 is 0 Å². The maximum Gasteiger partial charge on any atom is 0.224 e. The Balaban J connectivity index is 1.80. The maximum absolute atomic E-state index is 12.0. The summed E-state index contributed by atoms with van der Waals surface area (Å²) in [5.41, 5.74) is 0.923. The molecule has 1 heterocycles. The molecule has 1 aromatic rings. The number of methoxy groups -OCH3 is 1. The smallest absolute Gasteiger partial charge is 0.224 e. The lowest BCUT2D eigenvalue weighted by Gasteiger charge is -2.30. The number of rotatable bonds is 5. The van der Waals surface area contributed by atoms with Crippen molar-refractivity contribution in [3.63, 3.8) is 0 Å². The highest BCUT2D eigenvalue weighted by Gasteiger charge is 2.25. The molecule has 0 bridgehead atoms. The molecular formula is C15H22N2O4S. The zero-order valence-corrected chi connectivity index (χ0v) is 13.7. The van der Waals surface area contributed by atoms with Crippen LogP contribution in [0.25, 0.3) is 0 Å². The predicted octanol–water partition coefficient (Wildman–Crippen LogP) is 0.778. The first-order valence-corrected chi connectivity index (χ1v) is 9.11. The Morgan fingerprint density at radius 1 is 1.27 bits per heavy atom. The second kappa shape index (κ2) is 7.11. The van der Waals surface area contributed by atoms with Crippen molar-refractivity contribution in [2.75, 3.05) is 26.5 Å². The monoisotopic (exact) mass is 326 g/mol. The van der Waals surface area contributed by atoms with Crippen LogP contribution in [0.2, 0.25) is 0 Å². The van der Waals surface area contributed by atoms with Crippen LogP contribution in [-0.4, -0.2) is 51.1 Å². The quantitative estimate of drug-likeness (QED) is 0.867. The Morgan fingerprint density at radius 2 is 1.86 bits per heavy atom. The van der Waals surface area contributed by atoms with E-state index in [0.717, 1.165) is 11.3 Å². The first-order chi connectivity index (χ1) is 10.4. The number of hydrogen-bond donors (Lipinski definition) is 1. The molecule has 0 spiro atoms. The summed E-state index contributed by atoms with van der Waals surface area (Å²) in [7, 11) is -1.52. The van der Waals surface area contributed by atoms with E-state index in [9.17, 15) is 13.2 Å². The molecule has 1 saturated heterocycles. The SMILES string of the molecule is COc1ccc(CC(=O)NC2CCN(S(C)(=O)=O)CC2)cc1. The van der Waals surface area contributed by atoms with E-state index in [1.54, 1.807) is 7.11 Å². The van der Waals surface area contributed by atoms with Gasteiger partial charge < -0.3 is 10.1 Å². The van der Waals surface area contributed by atoms with Gasteiger partial charge in [0.05, 0.1) is 19.8 Å². The fourth-order valence-electron chi connectivity index (χ4n) is 2.54. The number of ether oxygens (including phenoxy) is 1. The molecule has 6 nitrogen and oxygen atoms in total. The Morgan fingerprint density at radius 3 is 2.36 bits per heavy atom. The van der Waals surface area contributed by atoms with E-state index < -0.39 is 10.0 Å². The minimum absolute atomic E-state index is 0.0389. The number of carbonyl (C=O) groups is 1. The van der Waals surface area contributed by atoms with Crippen LogP contribution in [0.5, 0.6) is 5.75 Å². The van der Waals surface area contributed by atoms with E-state index in [4.69, 9.17) is 4.74 Å². The van der Waals surface area contributed by atoms with Crippen molar-refractivity contribution in [1.82, 2.24) is 9.62 Å². The summed E-state index contributed by atoms with van der Waals surface area (Å²) in [6.45, 7) is 0.929. The normalized spacial score (nSPS) is 17.2. The van der Waals surface area contributed by atoms with Crippen LogP contribution in [0.3, 0.4) is 0 Å². The third-order valence-corrected chi connectivity index (χ3v) is 5.11. The van der Waals surface area contributed by atoms with Gasteiger partial charge in [-0.15, -0.1) is 0 Å². The van der Waals surface area contributed by atoms with Gasteiger partial charge in [0.2, 0.25) is 15.9 Å². The molecule has 2 rings (SSSR count). The Hall–Kier alpha value is -1.60. The van der Waals surface area contributed by atoms with Crippen molar-refractivity contribution in [3.05, 3.63) is 29.8 Å². The molecule has 1 aliphatic rings. The highest BCUT2D eigenvalue weighted by molar-refractivity contribution is 7.88. The number of carbonyl (C=O) groups excluding carboxylic acids is 1. The van der Waals surface area contributed by atoms with E-state index in [0.29, 0.717) is 32.4 Å². The molecule has 1 amide bonds. The van der Waals surface area contributed by atoms with Crippen LogP contribution < -0.4 is 10.1 Å². The van der Waals surface area contributed by atoms with Gasteiger partial charge in [-0.25, -0.2) is 12.7 Å². The van der Waals surface area contributed by atoms with Crippen LogP contribution >= 0.6 is 0 Å². The number of hydrogen-bond acceptors (Lipinski definition) is 4. The molecule has 0 saturated carbocycles. The molecular weight excluding hydrogens is 304 g/mol. The van der Waals surface area contributed by atoms with Crippen molar-refractivity contribution in [2.45, 2.75) is 25.3 Å². The summed E-state index contributed by atoms with van der Waals surface area (Å²) in [6.07, 6.45) is 2.84. The van der Waals surface area contributed by atoms with Crippen molar-refractivity contribution < 1.29 is 17.9 Å². The van der Waals surface area contributed by atoms with E-state index in [1.165, 1.54) is 10.6 Å². The zero-order valence-electron chi connectivity index (χ0n) is 12.9. The van der Waals surface area contributed by atoms with Gasteiger partial charge in [0.15, 0.2) is 0 Å². The molecule has 22 heavy (non-hydrogen) atoms. The standard InChI is InChI=1S/C15H22N2O4S/c1-21-14-5-3-12(4-6-14)11-15(18)16-13-7-9-17(10-8-13)22(2,19)20/h3-6,13H,7-11H2,1-2H3,(H,16,18). The van der Waals surface area contributed by atoms with Crippen LogP contribution in [0.15, 0.2) is 24.3 Å². The third-order valence-electron chi connectivity index (χ3n) is 3.81. The van der Waals surface area contributed by atoms with Gasteiger partial charge in [-0.1, -0.05) is 12.1 Å². The molecule has 7 heteroatoms. The molecule has 1 N–H and O–H groups in total. The highest BCUT2D eigenvalue weighted by Crippen LogP contribution is 2.14. The van der Waals surface area contributed by atoms with E-state index in [-0.39, 0.29) is 11.9 Å². The predicted molar refractivity (Wildman–Crippen MR) is 84.3 cm³/mol. The summed E-state index contributed by atoms with van der Waals surface area (Å²) in [6, 6.07) is 7.43. The zero-order chi connectivity index (χ0) is 16.2. The van der Waals surface area contributed by atoms with E-state index >= 15 is 0 Å². The Bertz CT molecular complexity index is 605. The maximum atomic E-state index is 12.0. The summed E-state index contributed by atoms with van der Waals surface area (Å²) < 4.78 is 29.4. The third kappa shape index (κ3) is 4.71. The van der Waals surface area contributed by atoms with Crippen molar-refractivity contribution in [1.29, 1.82) is 0 Å². The summed E-state index contributed by atoms with van der Waals surface area (Å²) in [5.74, 6) is 0.722.